The molecule has 0 heterocycles. The summed E-state index contributed by atoms with van der Waals surface area (Å²) < 4.78 is 23.0. The van der Waals surface area contributed by atoms with E-state index in [1.165, 1.54) is 141 Å². The lowest BCUT2D eigenvalue weighted by Crippen LogP contribution is -2.46. The van der Waals surface area contributed by atoms with Gasteiger partial charge in [-0.25, -0.2) is 0 Å². The van der Waals surface area contributed by atoms with Crippen LogP contribution in [0, 0.1) is 0 Å². The molecule has 0 aromatic carbocycles. The Hall–Kier alpha value is -0.760. The van der Waals surface area contributed by atoms with Gasteiger partial charge in [-0.05, 0) is 38.5 Å². The van der Waals surface area contributed by atoms with Crippen LogP contribution in [0.3, 0.4) is 0 Å². The fourth-order valence-electron chi connectivity index (χ4n) is 6.62. The van der Waals surface area contributed by atoms with Crippen LogP contribution in [-0.4, -0.2) is 68.5 Å². The van der Waals surface area contributed by atoms with Gasteiger partial charge in [-0.2, -0.15) is 0 Å². The number of hydrogen-bond acceptors (Lipinski definition) is 6. The number of aliphatic hydroxyl groups excluding tert-OH is 1. The first-order valence-electron chi connectivity index (χ1n) is 22.5. The summed E-state index contributed by atoms with van der Waals surface area (Å²) >= 11 is 0. The van der Waals surface area contributed by atoms with E-state index in [1.807, 2.05) is 21.1 Å². The largest absolute Gasteiger partial charge is 0.756 e. The van der Waals surface area contributed by atoms with E-state index in [2.05, 4.69) is 31.3 Å². The number of hydrogen-bond donors (Lipinski definition) is 2. The zero-order valence-electron chi connectivity index (χ0n) is 35.7. The average Bonchev–Trinajstić information content (AvgIpc) is 3.10. The average molecular weight is 773 g/mol. The maximum absolute atomic E-state index is 12.7. The second-order valence-corrected chi connectivity index (χ2v) is 18.2. The van der Waals surface area contributed by atoms with Crippen LogP contribution in [0.1, 0.15) is 213 Å². The lowest BCUT2D eigenvalue weighted by Gasteiger charge is -2.30. The summed E-state index contributed by atoms with van der Waals surface area (Å²) in [5.41, 5.74) is 0. The molecule has 316 valence electrons. The van der Waals surface area contributed by atoms with Gasteiger partial charge in [-0.15, -0.1) is 0 Å². The van der Waals surface area contributed by atoms with E-state index < -0.39 is 20.0 Å². The number of phosphoric acid groups is 1. The number of allylic oxidation sites excluding steroid dienone is 2. The molecule has 0 aromatic rings. The molecule has 8 nitrogen and oxygen atoms in total. The lowest BCUT2D eigenvalue weighted by molar-refractivity contribution is -0.870. The molecule has 0 aliphatic carbocycles. The summed E-state index contributed by atoms with van der Waals surface area (Å²) in [4.78, 5) is 25.0. The molecular weight excluding hydrogens is 683 g/mol. The van der Waals surface area contributed by atoms with Crippen molar-refractivity contribution in [3.05, 3.63) is 12.2 Å². The summed E-state index contributed by atoms with van der Waals surface area (Å²) in [6.45, 7) is 4.60. The third-order valence-electron chi connectivity index (χ3n) is 10.3. The van der Waals surface area contributed by atoms with Gasteiger partial charge in [0.15, 0.2) is 0 Å². The summed E-state index contributed by atoms with van der Waals surface area (Å²) in [5, 5.41) is 13.6. The quantitative estimate of drug-likeness (QED) is 0.0277. The van der Waals surface area contributed by atoms with Gasteiger partial charge < -0.3 is 28.8 Å². The number of carbonyl (C=O) groups is 1. The third-order valence-corrected chi connectivity index (χ3v) is 11.2. The van der Waals surface area contributed by atoms with E-state index in [1.54, 1.807) is 0 Å². The first-order chi connectivity index (χ1) is 25.5. The molecule has 0 aromatic heterocycles. The Labute approximate surface area is 329 Å². The van der Waals surface area contributed by atoms with Crippen LogP contribution in [0.4, 0.5) is 0 Å². The highest BCUT2D eigenvalue weighted by molar-refractivity contribution is 7.45. The van der Waals surface area contributed by atoms with Crippen molar-refractivity contribution in [3.8, 4) is 0 Å². The number of rotatable bonds is 41. The van der Waals surface area contributed by atoms with Gasteiger partial charge in [0.05, 0.1) is 39.9 Å². The Balaban J connectivity index is 3.85. The number of aliphatic hydroxyl groups is 1. The summed E-state index contributed by atoms with van der Waals surface area (Å²) in [6, 6.07) is -0.792. The highest BCUT2D eigenvalue weighted by Crippen LogP contribution is 2.38. The second-order valence-electron chi connectivity index (χ2n) is 16.8. The number of likely N-dealkylation sites (N-methyl/N-ethyl adjacent to an activating group) is 1. The first-order valence-corrected chi connectivity index (χ1v) is 24.0. The van der Waals surface area contributed by atoms with Crippen LogP contribution in [-0.2, 0) is 18.4 Å². The smallest absolute Gasteiger partial charge is 0.268 e. The van der Waals surface area contributed by atoms with Crippen molar-refractivity contribution in [1.82, 2.24) is 5.32 Å². The summed E-state index contributed by atoms with van der Waals surface area (Å²) in [5.74, 6) is -0.172. The van der Waals surface area contributed by atoms with Crippen LogP contribution in [0.2, 0.25) is 0 Å². The molecule has 0 bridgehead atoms. The zero-order valence-corrected chi connectivity index (χ0v) is 36.6. The minimum absolute atomic E-state index is 0.0130. The normalized spacial score (nSPS) is 14.5. The van der Waals surface area contributed by atoms with Crippen LogP contribution < -0.4 is 10.2 Å². The standard InChI is InChI=1S/C44H89N2O6P/c1-6-8-10-12-13-14-15-16-17-18-19-20-21-22-23-24-25-26-27-28-29-30-31-32-33-34-36-38-44(48)45-42(43(47)37-35-11-9-7-2)41-52-53(49,50)51-40-39-46(3,4)5/h18-19,42-43,47H,6-17,20-41H2,1-5H3,(H-,45,48,49,50)/b19-18-. The van der Waals surface area contributed by atoms with Crippen molar-refractivity contribution >= 4 is 13.7 Å². The van der Waals surface area contributed by atoms with Crippen molar-refractivity contribution < 1.29 is 32.9 Å². The van der Waals surface area contributed by atoms with Crippen molar-refractivity contribution in [1.29, 1.82) is 0 Å². The fraction of sp³-hybridized carbons (Fsp3) is 0.932. The van der Waals surface area contributed by atoms with Gasteiger partial charge in [0, 0.05) is 6.42 Å². The van der Waals surface area contributed by atoms with Gasteiger partial charge >= 0.3 is 0 Å². The van der Waals surface area contributed by atoms with E-state index in [0.717, 1.165) is 44.9 Å². The highest BCUT2D eigenvalue weighted by Gasteiger charge is 2.24. The minimum Gasteiger partial charge on any atom is -0.756 e. The van der Waals surface area contributed by atoms with E-state index in [0.29, 0.717) is 23.9 Å². The van der Waals surface area contributed by atoms with Crippen LogP contribution in [0.15, 0.2) is 12.2 Å². The second kappa shape index (κ2) is 36.9. The molecule has 3 atom stereocenters. The van der Waals surface area contributed by atoms with Crippen LogP contribution in [0.25, 0.3) is 0 Å². The summed E-state index contributed by atoms with van der Waals surface area (Å²) in [7, 11) is 1.30. The van der Waals surface area contributed by atoms with Crippen molar-refractivity contribution in [2.24, 2.45) is 0 Å². The Morgan fingerprint density at radius 3 is 1.47 bits per heavy atom. The number of nitrogens with one attached hydrogen (secondary N) is 1. The molecule has 9 heteroatoms. The van der Waals surface area contributed by atoms with Gasteiger partial charge in [0.2, 0.25) is 5.91 Å². The SMILES string of the molecule is CCCCCCCCCC/C=C\CCCCCCCCCCCCCCCCCC(=O)NC(COP(=O)([O-])OCC[N+](C)(C)C)C(O)CCCCCC. The van der Waals surface area contributed by atoms with Crippen LogP contribution in [0.5, 0.6) is 0 Å². The predicted molar refractivity (Wildman–Crippen MR) is 224 cm³/mol. The monoisotopic (exact) mass is 773 g/mol. The maximum Gasteiger partial charge on any atom is 0.268 e. The van der Waals surface area contributed by atoms with Gasteiger partial charge in [0.1, 0.15) is 13.2 Å². The Kier molecular flexibility index (Phi) is 36.3. The molecule has 0 radical (unpaired) electrons. The van der Waals surface area contributed by atoms with Crippen molar-refractivity contribution in [2.45, 2.75) is 225 Å². The van der Waals surface area contributed by atoms with E-state index in [9.17, 15) is 19.4 Å². The molecule has 1 amide bonds. The molecule has 0 aliphatic rings. The van der Waals surface area contributed by atoms with Crippen molar-refractivity contribution in [3.63, 3.8) is 0 Å². The number of phosphoric ester groups is 1. The Morgan fingerprint density at radius 1 is 0.642 bits per heavy atom. The molecule has 0 aliphatic heterocycles. The van der Waals surface area contributed by atoms with Crippen LogP contribution >= 0.6 is 7.82 Å². The molecule has 53 heavy (non-hydrogen) atoms. The minimum atomic E-state index is -4.54. The molecule has 0 fully saturated rings. The molecule has 0 rings (SSSR count). The third kappa shape index (κ3) is 39.3. The Morgan fingerprint density at radius 2 is 1.04 bits per heavy atom. The molecular formula is C44H89N2O6P. The predicted octanol–water partition coefficient (Wildman–Crippen LogP) is 11.7. The Bertz CT molecular complexity index is 880. The van der Waals surface area contributed by atoms with Gasteiger partial charge in [0.25, 0.3) is 7.82 Å². The van der Waals surface area contributed by atoms with Gasteiger partial charge in [-0.1, -0.05) is 180 Å². The maximum atomic E-state index is 12.7. The fourth-order valence-corrected chi connectivity index (χ4v) is 7.35. The number of carbonyl (C=O) groups excluding carboxylic acids is 1. The zero-order chi connectivity index (χ0) is 39.3. The van der Waals surface area contributed by atoms with Crippen molar-refractivity contribution in [2.75, 3.05) is 40.9 Å². The molecule has 3 unspecified atom stereocenters. The molecule has 0 spiro atoms. The first kappa shape index (κ1) is 52.2. The summed E-state index contributed by atoms with van der Waals surface area (Å²) in [6.07, 6.45) is 41.5. The topological polar surface area (TPSA) is 108 Å². The molecule has 0 saturated carbocycles. The number of quaternary nitrogens is 1. The number of nitrogens with zero attached hydrogens (tertiary/aromatic N) is 1. The number of unbranched alkanes of at least 4 members (excludes halogenated alkanes) is 26. The van der Waals surface area contributed by atoms with E-state index >= 15 is 0 Å². The molecule has 2 N–H and O–H groups in total. The highest BCUT2D eigenvalue weighted by atomic mass is 31.2. The van der Waals surface area contributed by atoms with Gasteiger partial charge in [-0.3, -0.25) is 9.36 Å². The number of amides is 1. The van der Waals surface area contributed by atoms with E-state index in [-0.39, 0.29) is 19.1 Å². The lowest BCUT2D eigenvalue weighted by atomic mass is 10.0. The molecule has 0 saturated heterocycles. The van der Waals surface area contributed by atoms with E-state index in [4.69, 9.17) is 9.05 Å².